The van der Waals surface area contributed by atoms with Crippen molar-refractivity contribution in [2.45, 2.75) is 5.92 Å². The molecule has 1 aromatic heterocycles. The van der Waals surface area contributed by atoms with Crippen molar-refractivity contribution in [3.63, 3.8) is 0 Å². The van der Waals surface area contributed by atoms with Gasteiger partial charge in [0.05, 0.1) is 0 Å². The Balaban J connectivity index is 2.47. The highest BCUT2D eigenvalue weighted by molar-refractivity contribution is 9.10. The van der Waals surface area contributed by atoms with Gasteiger partial charge in [0.15, 0.2) is 0 Å². The van der Waals surface area contributed by atoms with Gasteiger partial charge in [-0.15, -0.1) is 0 Å². The summed E-state index contributed by atoms with van der Waals surface area (Å²) in [6.07, 6.45) is 3.21. The average Bonchev–Trinajstić information content (AvgIpc) is 2.30. The highest BCUT2D eigenvalue weighted by atomic mass is 79.9. The van der Waals surface area contributed by atoms with E-state index in [4.69, 9.17) is 0 Å². The fourth-order valence-corrected chi connectivity index (χ4v) is 2.13. The first-order valence-corrected chi connectivity index (χ1v) is 5.86. The highest BCUT2D eigenvalue weighted by Crippen LogP contribution is 2.26. The smallest absolute Gasteiger partial charge is 0.315 e. The van der Waals surface area contributed by atoms with Crippen molar-refractivity contribution in [1.29, 1.82) is 0 Å². The molecule has 0 aliphatic rings. The lowest BCUT2D eigenvalue weighted by Gasteiger charge is -2.12. The standard InChI is InChI=1S/C13H10BrNO2/c14-11-5-1-3-9(7-11)12(13(16)17)10-4-2-6-15-8-10/h1-8,12H,(H,16,17). The van der Waals surface area contributed by atoms with Crippen molar-refractivity contribution >= 4 is 21.9 Å². The number of pyridine rings is 1. The van der Waals surface area contributed by atoms with E-state index in [-0.39, 0.29) is 0 Å². The molecule has 0 saturated carbocycles. The second kappa shape index (κ2) is 5.10. The molecule has 1 atom stereocenters. The summed E-state index contributed by atoms with van der Waals surface area (Å²) >= 11 is 3.34. The summed E-state index contributed by atoms with van der Waals surface area (Å²) in [5, 5.41) is 9.33. The van der Waals surface area contributed by atoms with Crippen molar-refractivity contribution in [2.75, 3.05) is 0 Å². The first-order chi connectivity index (χ1) is 8.18. The van der Waals surface area contributed by atoms with Crippen molar-refractivity contribution in [3.05, 3.63) is 64.4 Å². The van der Waals surface area contributed by atoms with Gasteiger partial charge in [0.1, 0.15) is 5.92 Å². The van der Waals surface area contributed by atoms with Crippen LogP contribution in [0.2, 0.25) is 0 Å². The van der Waals surface area contributed by atoms with E-state index in [1.54, 1.807) is 30.6 Å². The zero-order chi connectivity index (χ0) is 12.3. The Bertz CT molecular complexity index is 528. The second-order valence-electron chi connectivity index (χ2n) is 3.61. The third-order valence-corrected chi connectivity index (χ3v) is 2.94. The fourth-order valence-electron chi connectivity index (χ4n) is 1.71. The molecule has 17 heavy (non-hydrogen) atoms. The molecule has 0 saturated heterocycles. The van der Waals surface area contributed by atoms with Gasteiger partial charge in [-0.3, -0.25) is 9.78 Å². The van der Waals surface area contributed by atoms with E-state index in [1.807, 2.05) is 18.2 Å². The number of carboxylic acids is 1. The Hall–Kier alpha value is -1.68. The quantitative estimate of drug-likeness (QED) is 0.946. The molecule has 86 valence electrons. The predicted octanol–water partition coefficient (Wildman–Crippen LogP) is 3.06. The molecule has 1 unspecified atom stereocenters. The lowest BCUT2D eigenvalue weighted by Crippen LogP contribution is -2.13. The van der Waals surface area contributed by atoms with E-state index in [2.05, 4.69) is 20.9 Å². The minimum absolute atomic E-state index is 0.679. The number of carbonyl (C=O) groups is 1. The van der Waals surface area contributed by atoms with Crippen LogP contribution in [0.5, 0.6) is 0 Å². The van der Waals surface area contributed by atoms with Gasteiger partial charge in [-0.2, -0.15) is 0 Å². The van der Waals surface area contributed by atoms with Crippen molar-refractivity contribution in [3.8, 4) is 0 Å². The van der Waals surface area contributed by atoms with Gasteiger partial charge in [-0.25, -0.2) is 0 Å². The molecule has 4 heteroatoms. The summed E-state index contributed by atoms with van der Waals surface area (Å²) in [6, 6.07) is 10.8. The number of benzene rings is 1. The molecule has 1 aromatic carbocycles. The van der Waals surface area contributed by atoms with Crippen LogP contribution in [0.15, 0.2) is 53.3 Å². The molecule has 0 amide bonds. The van der Waals surface area contributed by atoms with Crippen LogP contribution >= 0.6 is 15.9 Å². The van der Waals surface area contributed by atoms with Crippen LogP contribution in [-0.2, 0) is 4.79 Å². The normalized spacial score (nSPS) is 12.1. The highest BCUT2D eigenvalue weighted by Gasteiger charge is 2.22. The van der Waals surface area contributed by atoms with Gasteiger partial charge in [0.25, 0.3) is 0 Å². The monoisotopic (exact) mass is 291 g/mol. The maximum atomic E-state index is 11.4. The van der Waals surface area contributed by atoms with Gasteiger partial charge in [-0.1, -0.05) is 34.1 Å². The molecule has 0 spiro atoms. The van der Waals surface area contributed by atoms with Crippen molar-refractivity contribution in [2.24, 2.45) is 0 Å². The van der Waals surface area contributed by atoms with Crippen LogP contribution in [0, 0.1) is 0 Å². The first-order valence-electron chi connectivity index (χ1n) is 5.06. The van der Waals surface area contributed by atoms with E-state index in [9.17, 15) is 9.90 Å². The zero-order valence-electron chi connectivity index (χ0n) is 8.88. The molecule has 3 nitrogen and oxygen atoms in total. The van der Waals surface area contributed by atoms with Crippen LogP contribution in [0.4, 0.5) is 0 Å². The van der Waals surface area contributed by atoms with Gasteiger partial charge in [-0.05, 0) is 29.3 Å². The first kappa shape index (κ1) is 11.8. The summed E-state index contributed by atoms with van der Waals surface area (Å²) in [4.78, 5) is 15.3. The summed E-state index contributed by atoms with van der Waals surface area (Å²) in [5.41, 5.74) is 1.41. The number of halogens is 1. The van der Waals surface area contributed by atoms with E-state index in [0.717, 1.165) is 10.0 Å². The number of aromatic nitrogens is 1. The van der Waals surface area contributed by atoms with Gasteiger partial charge < -0.3 is 5.11 Å². The third-order valence-electron chi connectivity index (χ3n) is 2.45. The molecule has 0 radical (unpaired) electrons. The Kier molecular flexibility index (Phi) is 3.54. The van der Waals surface area contributed by atoms with Crippen molar-refractivity contribution < 1.29 is 9.90 Å². The molecule has 1 heterocycles. The molecule has 0 bridgehead atoms. The second-order valence-corrected chi connectivity index (χ2v) is 4.53. The molecule has 0 fully saturated rings. The zero-order valence-corrected chi connectivity index (χ0v) is 10.5. The Labute approximate surface area is 107 Å². The molecule has 2 aromatic rings. The van der Waals surface area contributed by atoms with Crippen LogP contribution in [0.25, 0.3) is 0 Å². The Morgan fingerprint density at radius 3 is 2.59 bits per heavy atom. The van der Waals surface area contributed by atoms with Crippen LogP contribution in [0.3, 0.4) is 0 Å². The third kappa shape index (κ3) is 2.71. The maximum Gasteiger partial charge on any atom is 0.315 e. The lowest BCUT2D eigenvalue weighted by atomic mass is 9.93. The molecular formula is C13H10BrNO2. The summed E-state index contributed by atoms with van der Waals surface area (Å²) in [6.45, 7) is 0. The van der Waals surface area contributed by atoms with Crippen molar-refractivity contribution in [1.82, 2.24) is 4.98 Å². The SMILES string of the molecule is O=C(O)C(c1cccnc1)c1cccc(Br)c1. The Morgan fingerprint density at radius 2 is 2.00 bits per heavy atom. The topological polar surface area (TPSA) is 50.2 Å². The molecular weight excluding hydrogens is 282 g/mol. The lowest BCUT2D eigenvalue weighted by molar-refractivity contribution is -0.137. The number of nitrogens with zero attached hydrogens (tertiary/aromatic N) is 1. The maximum absolute atomic E-state index is 11.4. The minimum Gasteiger partial charge on any atom is -0.481 e. The number of aliphatic carboxylic acids is 1. The van der Waals surface area contributed by atoms with Gasteiger partial charge in [0, 0.05) is 16.9 Å². The van der Waals surface area contributed by atoms with Crippen LogP contribution < -0.4 is 0 Å². The van der Waals surface area contributed by atoms with E-state index < -0.39 is 11.9 Å². The predicted molar refractivity (Wildman–Crippen MR) is 67.9 cm³/mol. The fraction of sp³-hybridized carbons (Fsp3) is 0.0769. The number of carboxylic acid groups (broad SMARTS) is 1. The number of hydrogen-bond donors (Lipinski definition) is 1. The van der Waals surface area contributed by atoms with E-state index in [1.165, 1.54) is 0 Å². The summed E-state index contributed by atoms with van der Waals surface area (Å²) in [5.74, 6) is -1.56. The van der Waals surface area contributed by atoms with Crippen LogP contribution in [-0.4, -0.2) is 16.1 Å². The average molecular weight is 292 g/mol. The van der Waals surface area contributed by atoms with E-state index in [0.29, 0.717) is 5.56 Å². The largest absolute Gasteiger partial charge is 0.481 e. The minimum atomic E-state index is -0.879. The molecule has 0 aliphatic carbocycles. The Morgan fingerprint density at radius 1 is 1.24 bits per heavy atom. The number of hydrogen-bond acceptors (Lipinski definition) is 2. The van der Waals surface area contributed by atoms with Crippen LogP contribution in [0.1, 0.15) is 17.0 Å². The molecule has 2 rings (SSSR count). The molecule has 1 N–H and O–H groups in total. The van der Waals surface area contributed by atoms with Gasteiger partial charge in [0.2, 0.25) is 0 Å². The van der Waals surface area contributed by atoms with Gasteiger partial charge >= 0.3 is 5.97 Å². The van der Waals surface area contributed by atoms with E-state index >= 15 is 0 Å². The number of rotatable bonds is 3. The molecule has 0 aliphatic heterocycles. The summed E-state index contributed by atoms with van der Waals surface area (Å²) < 4.78 is 0.866. The summed E-state index contributed by atoms with van der Waals surface area (Å²) in [7, 11) is 0.